The van der Waals surface area contributed by atoms with Crippen LogP contribution in [0.3, 0.4) is 0 Å². The minimum absolute atomic E-state index is 0.00174. The average Bonchev–Trinajstić information content (AvgIpc) is 2.21. The second kappa shape index (κ2) is 3.65. The summed E-state index contributed by atoms with van der Waals surface area (Å²) in [6.07, 6.45) is -4.59. The maximum atomic E-state index is 12.8. The predicted octanol–water partition coefficient (Wildman–Crippen LogP) is 2.32. The molecule has 1 aliphatic heterocycles. The van der Waals surface area contributed by atoms with Gasteiger partial charge in [0.25, 0.3) is 0 Å². The van der Waals surface area contributed by atoms with Gasteiger partial charge in [-0.2, -0.15) is 13.2 Å². The molecule has 0 aromatic heterocycles. The number of anilines is 1. The second-order valence-corrected chi connectivity index (χ2v) is 3.91. The molecule has 2 rings (SSSR count). The van der Waals surface area contributed by atoms with E-state index in [2.05, 4.69) is 0 Å². The summed E-state index contributed by atoms with van der Waals surface area (Å²) in [7, 11) is 1.43. The fourth-order valence-corrected chi connectivity index (χ4v) is 2.04. The van der Waals surface area contributed by atoms with Gasteiger partial charge in [-0.15, -0.1) is 0 Å². The van der Waals surface area contributed by atoms with Gasteiger partial charge in [-0.1, -0.05) is 0 Å². The highest BCUT2D eigenvalue weighted by atomic mass is 19.4. The Hall–Kier alpha value is -1.72. The topological polar surface area (TPSA) is 40.5 Å². The van der Waals surface area contributed by atoms with E-state index in [1.807, 2.05) is 0 Å². The zero-order valence-electron chi connectivity index (χ0n) is 9.01. The Labute approximate surface area is 95.5 Å². The number of halogens is 3. The average molecular weight is 245 g/mol. The molecule has 0 radical (unpaired) electrons. The maximum Gasteiger partial charge on any atom is 0.420 e. The number of carbonyl (C=O) groups excluding carboxylic acids is 1. The minimum atomic E-state index is -4.61. The number of aromatic hydroxyl groups is 1. The van der Waals surface area contributed by atoms with Gasteiger partial charge < -0.3 is 10.0 Å². The highest BCUT2D eigenvalue weighted by Crippen LogP contribution is 2.43. The number of phenols is 1. The van der Waals surface area contributed by atoms with E-state index in [0.29, 0.717) is 0 Å². The first-order chi connectivity index (χ1) is 7.82. The van der Waals surface area contributed by atoms with E-state index >= 15 is 0 Å². The van der Waals surface area contributed by atoms with Crippen molar-refractivity contribution in [3.63, 3.8) is 0 Å². The Bertz CT molecular complexity index is 482. The maximum absolute atomic E-state index is 12.8. The Balaban J connectivity index is 2.66. The van der Waals surface area contributed by atoms with Crippen molar-refractivity contribution in [1.29, 1.82) is 0 Å². The number of benzene rings is 1. The van der Waals surface area contributed by atoms with Crippen LogP contribution in [0.1, 0.15) is 17.5 Å². The number of nitrogens with zero attached hydrogens (tertiary/aromatic N) is 1. The number of phenolic OH excluding ortho intramolecular Hbond substituents is 1. The second-order valence-electron chi connectivity index (χ2n) is 3.91. The van der Waals surface area contributed by atoms with Crippen LogP contribution in [0.15, 0.2) is 12.1 Å². The van der Waals surface area contributed by atoms with Gasteiger partial charge in [0.1, 0.15) is 11.3 Å². The molecule has 92 valence electrons. The minimum Gasteiger partial charge on any atom is -0.507 e. The van der Waals surface area contributed by atoms with Crippen LogP contribution in [-0.2, 0) is 17.4 Å². The standard InChI is InChI=1S/C11H10F3NO2/c1-15-7-3-4-8(16)10(11(12,13)14)6(7)2-5-9(15)17/h3-4,16H,2,5H2,1H3. The Morgan fingerprint density at radius 3 is 2.53 bits per heavy atom. The number of fused-ring (bicyclic) bond motifs is 1. The number of hydrogen-bond donors (Lipinski definition) is 1. The molecule has 0 spiro atoms. The lowest BCUT2D eigenvalue weighted by atomic mass is 9.95. The predicted molar refractivity (Wildman–Crippen MR) is 54.8 cm³/mol. The number of carbonyl (C=O) groups is 1. The van der Waals surface area contributed by atoms with Crippen molar-refractivity contribution in [2.75, 3.05) is 11.9 Å². The van der Waals surface area contributed by atoms with Gasteiger partial charge >= 0.3 is 6.18 Å². The molecule has 3 nitrogen and oxygen atoms in total. The molecular formula is C11H10F3NO2. The van der Waals surface area contributed by atoms with Crippen LogP contribution in [0.4, 0.5) is 18.9 Å². The third-order valence-corrected chi connectivity index (χ3v) is 2.87. The molecular weight excluding hydrogens is 235 g/mol. The Morgan fingerprint density at radius 1 is 1.29 bits per heavy atom. The van der Waals surface area contributed by atoms with Crippen LogP contribution in [-0.4, -0.2) is 18.1 Å². The molecule has 0 bridgehead atoms. The molecule has 1 aliphatic rings. The number of rotatable bonds is 0. The largest absolute Gasteiger partial charge is 0.507 e. The summed E-state index contributed by atoms with van der Waals surface area (Å²) in [5, 5.41) is 9.33. The molecule has 1 heterocycles. The van der Waals surface area contributed by atoms with E-state index in [9.17, 15) is 23.1 Å². The van der Waals surface area contributed by atoms with Crippen molar-refractivity contribution < 1.29 is 23.1 Å². The van der Waals surface area contributed by atoms with Crippen molar-refractivity contribution in [3.05, 3.63) is 23.3 Å². The SMILES string of the molecule is CN1C(=O)CCc2c1ccc(O)c2C(F)(F)F. The third-order valence-electron chi connectivity index (χ3n) is 2.87. The van der Waals surface area contributed by atoms with Crippen molar-refractivity contribution in [1.82, 2.24) is 0 Å². The van der Waals surface area contributed by atoms with Crippen LogP contribution in [0.2, 0.25) is 0 Å². The molecule has 17 heavy (non-hydrogen) atoms. The first kappa shape index (κ1) is 11.8. The molecule has 0 atom stereocenters. The smallest absolute Gasteiger partial charge is 0.420 e. The van der Waals surface area contributed by atoms with E-state index in [-0.39, 0.29) is 30.0 Å². The van der Waals surface area contributed by atoms with E-state index < -0.39 is 17.5 Å². The van der Waals surface area contributed by atoms with E-state index in [4.69, 9.17) is 0 Å². The van der Waals surface area contributed by atoms with E-state index in [1.54, 1.807) is 0 Å². The summed E-state index contributed by atoms with van der Waals surface area (Å²) in [6, 6.07) is 2.30. The number of amides is 1. The molecule has 1 aromatic rings. The summed E-state index contributed by atoms with van der Waals surface area (Å²) in [4.78, 5) is 12.6. The van der Waals surface area contributed by atoms with E-state index in [1.165, 1.54) is 18.0 Å². The van der Waals surface area contributed by atoms with Crippen molar-refractivity contribution in [2.24, 2.45) is 0 Å². The molecule has 6 heteroatoms. The highest BCUT2D eigenvalue weighted by molar-refractivity contribution is 5.96. The van der Waals surface area contributed by atoms with Gasteiger partial charge in [0.2, 0.25) is 5.91 Å². The number of alkyl halides is 3. The lowest BCUT2D eigenvalue weighted by Gasteiger charge is -2.28. The summed E-state index contributed by atoms with van der Waals surface area (Å²) in [5.41, 5.74) is -0.833. The molecule has 1 N–H and O–H groups in total. The van der Waals surface area contributed by atoms with Crippen LogP contribution >= 0.6 is 0 Å². The lowest BCUT2D eigenvalue weighted by Crippen LogP contribution is -2.32. The van der Waals surface area contributed by atoms with Crippen LogP contribution in [0.5, 0.6) is 5.75 Å². The van der Waals surface area contributed by atoms with Gasteiger partial charge in [-0.05, 0) is 24.1 Å². The normalized spacial score (nSPS) is 16.0. The Kier molecular flexibility index (Phi) is 2.52. The fraction of sp³-hybridized carbons (Fsp3) is 0.364. The molecule has 1 aromatic carbocycles. The highest BCUT2D eigenvalue weighted by Gasteiger charge is 2.39. The number of hydrogen-bond acceptors (Lipinski definition) is 2. The van der Waals surface area contributed by atoms with Gasteiger partial charge in [0, 0.05) is 19.2 Å². The molecule has 0 saturated carbocycles. The van der Waals surface area contributed by atoms with Gasteiger partial charge in [-0.25, -0.2) is 0 Å². The summed E-state index contributed by atoms with van der Waals surface area (Å²) >= 11 is 0. The zero-order chi connectivity index (χ0) is 12.8. The summed E-state index contributed by atoms with van der Waals surface area (Å²) in [6.45, 7) is 0. The van der Waals surface area contributed by atoms with Gasteiger partial charge in [-0.3, -0.25) is 4.79 Å². The molecule has 0 unspecified atom stereocenters. The monoisotopic (exact) mass is 245 g/mol. The lowest BCUT2D eigenvalue weighted by molar-refractivity contribution is -0.139. The molecule has 1 amide bonds. The van der Waals surface area contributed by atoms with Crippen molar-refractivity contribution in [2.45, 2.75) is 19.0 Å². The van der Waals surface area contributed by atoms with E-state index in [0.717, 1.165) is 6.07 Å². The van der Waals surface area contributed by atoms with Crippen molar-refractivity contribution in [3.8, 4) is 5.75 Å². The van der Waals surface area contributed by atoms with Gasteiger partial charge in [0.05, 0.1) is 0 Å². The van der Waals surface area contributed by atoms with Crippen LogP contribution < -0.4 is 4.90 Å². The first-order valence-electron chi connectivity index (χ1n) is 5.01. The quantitative estimate of drug-likeness (QED) is 0.762. The first-order valence-corrected chi connectivity index (χ1v) is 5.01. The van der Waals surface area contributed by atoms with Crippen molar-refractivity contribution >= 4 is 11.6 Å². The van der Waals surface area contributed by atoms with Gasteiger partial charge in [0.15, 0.2) is 0 Å². The fourth-order valence-electron chi connectivity index (χ4n) is 2.04. The molecule has 0 fully saturated rings. The zero-order valence-corrected chi connectivity index (χ0v) is 9.01. The summed E-state index contributed by atoms with van der Waals surface area (Å²) in [5.74, 6) is -1.02. The van der Waals surface area contributed by atoms with Crippen LogP contribution in [0, 0.1) is 0 Å². The summed E-state index contributed by atoms with van der Waals surface area (Å²) < 4.78 is 38.4. The molecule has 0 saturated heterocycles. The van der Waals surface area contributed by atoms with Crippen LogP contribution in [0.25, 0.3) is 0 Å². The molecule has 0 aliphatic carbocycles. The third kappa shape index (κ3) is 1.83. The Morgan fingerprint density at radius 2 is 1.94 bits per heavy atom.